The number of nitrogen functional groups attached to an aromatic ring is 1. The minimum Gasteiger partial charge on any atom is -0.396 e. The number of carbonyl (C=O) groups is 1. The number of aldehydes is 1. The van der Waals surface area contributed by atoms with Gasteiger partial charge in [-0.3, -0.25) is 4.79 Å². The lowest BCUT2D eigenvalue weighted by atomic mass is 10.2. The number of nitrogens with two attached hydrogens (primary N) is 1. The summed E-state index contributed by atoms with van der Waals surface area (Å²) in [7, 11) is 0. The number of halogens is 2. The summed E-state index contributed by atoms with van der Waals surface area (Å²) in [5.41, 5.74) is 5.69. The van der Waals surface area contributed by atoms with E-state index in [-0.39, 0.29) is 10.7 Å². The number of allylic oxidation sites excluding steroid dienone is 1. The van der Waals surface area contributed by atoms with E-state index in [9.17, 15) is 9.18 Å². The zero-order valence-corrected chi connectivity index (χ0v) is 7.38. The summed E-state index contributed by atoms with van der Waals surface area (Å²) < 4.78 is 13.0. The molecule has 68 valence electrons. The van der Waals surface area contributed by atoms with Gasteiger partial charge in [-0.2, -0.15) is 0 Å². The molecule has 0 heterocycles. The summed E-state index contributed by atoms with van der Waals surface area (Å²) in [5.74, 6) is -0.658. The van der Waals surface area contributed by atoms with Crippen LogP contribution in [0.15, 0.2) is 18.2 Å². The monoisotopic (exact) mass is 199 g/mol. The second-order valence-electron chi connectivity index (χ2n) is 2.37. The summed E-state index contributed by atoms with van der Waals surface area (Å²) in [5, 5.41) is -0.0712. The van der Waals surface area contributed by atoms with Crippen LogP contribution >= 0.6 is 11.6 Å². The average Bonchev–Trinajstić information content (AvgIpc) is 2.13. The van der Waals surface area contributed by atoms with Crippen molar-refractivity contribution < 1.29 is 9.18 Å². The van der Waals surface area contributed by atoms with Crippen LogP contribution in [0.1, 0.15) is 5.56 Å². The normalized spacial score (nSPS) is 10.6. The molecule has 0 radical (unpaired) electrons. The predicted molar refractivity (Wildman–Crippen MR) is 50.9 cm³/mol. The Morgan fingerprint density at radius 1 is 1.46 bits per heavy atom. The Hall–Kier alpha value is -1.35. The van der Waals surface area contributed by atoms with E-state index in [1.807, 2.05) is 0 Å². The third-order valence-electron chi connectivity index (χ3n) is 1.50. The van der Waals surface area contributed by atoms with Crippen molar-refractivity contribution in [2.24, 2.45) is 0 Å². The van der Waals surface area contributed by atoms with Gasteiger partial charge in [-0.15, -0.1) is 0 Å². The van der Waals surface area contributed by atoms with Crippen LogP contribution in [0.3, 0.4) is 0 Å². The van der Waals surface area contributed by atoms with Gasteiger partial charge in [0.15, 0.2) is 5.82 Å². The maximum atomic E-state index is 13.0. The van der Waals surface area contributed by atoms with E-state index in [2.05, 4.69) is 0 Å². The molecule has 2 N–H and O–H groups in total. The molecule has 0 amide bonds. The molecule has 1 rings (SSSR count). The molecule has 1 aromatic carbocycles. The van der Waals surface area contributed by atoms with Crippen molar-refractivity contribution in [1.82, 2.24) is 0 Å². The number of hydrogen-bond donors (Lipinski definition) is 1. The van der Waals surface area contributed by atoms with E-state index in [1.54, 1.807) is 6.07 Å². The number of benzene rings is 1. The van der Waals surface area contributed by atoms with Crippen molar-refractivity contribution in [3.8, 4) is 0 Å². The first-order chi connectivity index (χ1) is 6.16. The van der Waals surface area contributed by atoms with Crippen molar-refractivity contribution in [3.05, 3.63) is 34.6 Å². The molecule has 0 atom stereocenters. The molecule has 13 heavy (non-hydrogen) atoms. The topological polar surface area (TPSA) is 43.1 Å². The lowest BCUT2D eigenvalue weighted by molar-refractivity contribution is -0.104. The van der Waals surface area contributed by atoms with Crippen LogP contribution in [-0.4, -0.2) is 6.29 Å². The molecular weight excluding hydrogens is 193 g/mol. The Balaban J connectivity index is 3.17. The zero-order valence-electron chi connectivity index (χ0n) is 6.63. The Labute approximate surface area is 79.8 Å². The quantitative estimate of drug-likeness (QED) is 0.451. The van der Waals surface area contributed by atoms with Crippen LogP contribution < -0.4 is 5.73 Å². The maximum absolute atomic E-state index is 13.0. The molecule has 0 aromatic heterocycles. The second-order valence-corrected chi connectivity index (χ2v) is 2.75. The Morgan fingerprint density at radius 3 is 2.77 bits per heavy atom. The van der Waals surface area contributed by atoms with Gasteiger partial charge in [-0.1, -0.05) is 23.7 Å². The smallest absolute Gasteiger partial charge is 0.165 e. The predicted octanol–water partition coefficient (Wildman–Crippen LogP) is 2.27. The van der Waals surface area contributed by atoms with Crippen LogP contribution in [-0.2, 0) is 4.79 Å². The summed E-state index contributed by atoms with van der Waals surface area (Å²) >= 11 is 5.61. The second kappa shape index (κ2) is 4.05. The number of hydrogen-bond acceptors (Lipinski definition) is 2. The van der Waals surface area contributed by atoms with Gasteiger partial charge < -0.3 is 5.73 Å². The van der Waals surface area contributed by atoms with Crippen molar-refractivity contribution in [2.75, 3.05) is 5.73 Å². The van der Waals surface area contributed by atoms with Gasteiger partial charge in [-0.05, 0) is 17.7 Å². The molecule has 0 saturated heterocycles. The highest BCUT2D eigenvalue weighted by Gasteiger charge is 2.06. The minimum atomic E-state index is -0.658. The third kappa shape index (κ3) is 2.06. The number of anilines is 1. The number of carbonyl (C=O) groups excluding carboxylic acids is 1. The van der Waals surface area contributed by atoms with Crippen molar-refractivity contribution in [1.29, 1.82) is 0 Å². The first kappa shape index (κ1) is 9.74. The fourth-order valence-electron chi connectivity index (χ4n) is 0.851. The van der Waals surface area contributed by atoms with Gasteiger partial charge in [0.25, 0.3) is 0 Å². The molecule has 0 spiro atoms. The van der Waals surface area contributed by atoms with Crippen LogP contribution in [0.5, 0.6) is 0 Å². The highest BCUT2D eigenvalue weighted by Crippen LogP contribution is 2.25. The molecule has 1 aromatic rings. The summed E-state index contributed by atoms with van der Waals surface area (Å²) in [6, 6.07) is 2.94. The highest BCUT2D eigenvalue weighted by molar-refractivity contribution is 6.32. The zero-order chi connectivity index (χ0) is 9.84. The maximum Gasteiger partial charge on any atom is 0.165 e. The minimum absolute atomic E-state index is 0.00625. The standard InChI is InChI=1S/C9H7ClFNO/c10-8-6(2-1-5-13)3-4-7(12)9(8)11/h1-5H,12H2. The van der Waals surface area contributed by atoms with E-state index in [4.69, 9.17) is 17.3 Å². The van der Waals surface area contributed by atoms with Crippen LogP contribution in [0, 0.1) is 5.82 Å². The highest BCUT2D eigenvalue weighted by atomic mass is 35.5. The van der Waals surface area contributed by atoms with E-state index < -0.39 is 5.82 Å². The molecule has 0 aliphatic carbocycles. The van der Waals surface area contributed by atoms with E-state index in [0.717, 1.165) is 0 Å². The van der Waals surface area contributed by atoms with Crippen molar-refractivity contribution >= 4 is 29.7 Å². The van der Waals surface area contributed by atoms with Crippen LogP contribution in [0.4, 0.5) is 10.1 Å². The lowest BCUT2D eigenvalue weighted by Gasteiger charge is -2.01. The molecular formula is C9H7ClFNO. The van der Waals surface area contributed by atoms with E-state index in [1.165, 1.54) is 18.2 Å². The Kier molecular flexibility index (Phi) is 3.03. The molecule has 0 bridgehead atoms. The van der Waals surface area contributed by atoms with Crippen molar-refractivity contribution in [2.45, 2.75) is 0 Å². The average molecular weight is 200 g/mol. The van der Waals surface area contributed by atoms with Crippen LogP contribution in [0.2, 0.25) is 5.02 Å². The largest absolute Gasteiger partial charge is 0.396 e. The number of rotatable bonds is 2. The van der Waals surface area contributed by atoms with Crippen molar-refractivity contribution in [3.63, 3.8) is 0 Å². The summed E-state index contributed by atoms with van der Waals surface area (Å²) in [6.45, 7) is 0. The van der Waals surface area contributed by atoms with Gasteiger partial charge in [0.1, 0.15) is 6.29 Å². The molecule has 0 saturated carbocycles. The van der Waals surface area contributed by atoms with E-state index in [0.29, 0.717) is 11.8 Å². The van der Waals surface area contributed by atoms with Gasteiger partial charge in [0, 0.05) is 0 Å². The summed E-state index contributed by atoms with van der Waals surface area (Å²) in [6.07, 6.45) is 3.24. The fourth-order valence-corrected chi connectivity index (χ4v) is 1.09. The van der Waals surface area contributed by atoms with Gasteiger partial charge in [0.2, 0.25) is 0 Å². The third-order valence-corrected chi connectivity index (χ3v) is 1.88. The van der Waals surface area contributed by atoms with Crippen LogP contribution in [0.25, 0.3) is 6.08 Å². The molecule has 4 heteroatoms. The molecule has 2 nitrogen and oxygen atoms in total. The Bertz CT molecular complexity index is 363. The van der Waals surface area contributed by atoms with Gasteiger partial charge in [0.05, 0.1) is 10.7 Å². The molecule has 0 fully saturated rings. The van der Waals surface area contributed by atoms with Gasteiger partial charge in [-0.25, -0.2) is 4.39 Å². The van der Waals surface area contributed by atoms with E-state index >= 15 is 0 Å². The Morgan fingerprint density at radius 2 is 2.15 bits per heavy atom. The lowest BCUT2D eigenvalue weighted by Crippen LogP contribution is -1.92. The first-order valence-electron chi connectivity index (χ1n) is 3.52. The molecule has 0 aliphatic rings. The first-order valence-corrected chi connectivity index (χ1v) is 3.90. The SMILES string of the molecule is Nc1ccc(C=CC=O)c(Cl)c1F. The van der Waals surface area contributed by atoms with Gasteiger partial charge >= 0.3 is 0 Å². The molecule has 0 aliphatic heterocycles. The molecule has 0 unspecified atom stereocenters. The summed E-state index contributed by atoms with van der Waals surface area (Å²) in [4.78, 5) is 9.99. The fraction of sp³-hybridized carbons (Fsp3) is 0.